The predicted octanol–water partition coefficient (Wildman–Crippen LogP) is 3.31. The molecule has 5 nitrogen and oxygen atoms in total. The van der Waals surface area contributed by atoms with Crippen molar-refractivity contribution in [2.24, 2.45) is 0 Å². The zero-order chi connectivity index (χ0) is 17.5. The van der Waals surface area contributed by atoms with E-state index in [0.29, 0.717) is 16.9 Å². The monoisotopic (exact) mass is 321 g/mol. The van der Waals surface area contributed by atoms with E-state index in [1.54, 1.807) is 54.6 Å². The van der Waals surface area contributed by atoms with Crippen molar-refractivity contribution in [1.29, 1.82) is 5.26 Å². The molecule has 0 radical (unpaired) electrons. The standard InChI is InChI=1S/C19H15NO4/c1-13(19(22)23)24-17-9-7-16(8-10-17)18(21)11-6-14-2-4-15(12-20)5-3-14/h2-11,13H,1H3,(H,22,23)/b11-6+. The highest BCUT2D eigenvalue weighted by atomic mass is 16.5. The molecule has 0 heterocycles. The lowest BCUT2D eigenvalue weighted by Gasteiger charge is -2.10. The first-order chi connectivity index (χ1) is 11.5. The third-order valence-electron chi connectivity index (χ3n) is 3.27. The molecular weight excluding hydrogens is 306 g/mol. The minimum atomic E-state index is -1.06. The number of carboxylic acids is 1. The van der Waals surface area contributed by atoms with E-state index in [0.717, 1.165) is 5.56 Å². The van der Waals surface area contributed by atoms with Crippen molar-refractivity contribution in [3.8, 4) is 11.8 Å². The average Bonchev–Trinajstić information content (AvgIpc) is 2.60. The van der Waals surface area contributed by atoms with Crippen LogP contribution in [0.4, 0.5) is 0 Å². The van der Waals surface area contributed by atoms with Gasteiger partial charge in [-0.15, -0.1) is 0 Å². The molecule has 0 saturated carbocycles. The highest BCUT2D eigenvalue weighted by molar-refractivity contribution is 6.06. The number of ether oxygens (including phenoxy) is 1. The molecule has 0 aliphatic carbocycles. The molecule has 2 rings (SSSR count). The SMILES string of the molecule is CC(Oc1ccc(C(=O)/C=C/c2ccc(C#N)cc2)cc1)C(=O)O. The fourth-order valence-electron chi connectivity index (χ4n) is 1.89. The summed E-state index contributed by atoms with van der Waals surface area (Å²) in [6.07, 6.45) is 2.15. The number of carbonyl (C=O) groups is 2. The van der Waals surface area contributed by atoms with Crippen LogP contribution in [0.15, 0.2) is 54.6 Å². The van der Waals surface area contributed by atoms with Gasteiger partial charge in [0.05, 0.1) is 11.6 Å². The number of allylic oxidation sites excluding steroid dienone is 1. The van der Waals surface area contributed by atoms with Crippen molar-refractivity contribution in [1.82, 2.24) is 0 Å². The van der Waals surface area contributed by atoms with Crippen LogP contribution in [0.3, 0.4) is 0 Å². The van der Waals surface area contributed by atoms with Crippen molar-refractivity contribution < 1.29 is 19.4 Å². The van der Waals surface area contributed by atoms with Crippen LogP contribution in [0, 0.1) is 11.3 Å². The number of nitrogens with zero attached hydrogens (tertiary/aromatic N) is 1. The van der Waals surface area contributed by atoms with Gasteiger partial charge in [-0.25, -0.2) is 4.79 Å². The fourth-order valence-corrected chi connectivity index (χ4v) is 1.89. The number of ketones is 1. The van der Waals surface area contributed by atoms with Crippen LogP contribution in [0.25, 0.3) is 6.08 Å². The van der Waals surface area contributed by atoms with E-state index in [1.165, 1.54) is 13.0 Å². The average molecular weight is 321 g/mol. The molecule has 0 bridgehead atoms. The van der Waals surface area contributed by atoms with Gasteiger partial charge in [-0.05, 0) is 55.0 Å². The molecule has 5 heteroatoms. The fraction of sp³-hybridized carbons (Fsp3) is 0.105. The van der Waals surface area contributed by atoms with Crippen LogP contribution < -0.4 is 4.74 Å². The number of carboxylic acid groups (broad SMARTS) is 1. The first kappa shape index (κ1) is 17.0. The minimum Gasteiger partial charge on any atom is -0.479 e. The van der Waals surface area contributed by atoms with Crippen molar-refractivity contribution in [3.63, 3.8) is 0 Å². The number of nitriles is 1. The lowest BCUT2D eigenvalue weighted by molar-refractivity contribution is -0.144. The Hall–Kier alpha value is -3.39. The lowest BCUT2D eigenvalue weighted by atomic mass is 10.1. The van der Waals surface area contributed by atoms with E-state index >= 15 is 0 Å². The summed E-state index contributed by atoms with van der Waals surface area (Å²) in [7, 11) is 0. The Kier molecular flexibility index (Phi) is 5.48. The summed E-state index contributed by atoms with van der Waals surface area (Å²) in [6.45, 7) is 1.43. The largest absolute Gasteiger partial charge is 0.479 e. The van der Waals surface area contributed by atoms with Gasteiger partial charge in [0, 0.05) is 5.56 Å². The van der Waals surface area contributed by atoms with Gasteiger partial charge >= 0.3 is 5.97 Å². The summed E-state index contributed by atoms with van der Waals surface area (Å²) >= 11 is 0. The Bertz CT molecular complexity index is 799. The first-order valence-corrected chi connectivity index (χ1v) is 7.21. The molecule has 120 valence electrons. The Labute approximate surface area is 139 Å². The zero-order valence-electron chi connectivity index (χ0n) is 13.0. The van der Waals surface area contributed by atoms with Gasteiger partial charge in [0.1, 0.15) is 5.75 Å². The van der Waals surface area contributed by atoms with E-state index in [2.05, 4.69) is 0 Å². The molecule has 0 aliphatic rings. The molecule has 0 amide bonds. The Morgan fingerprint density at radius 1 is 1.12 bits per heavy atom. The number of benzene rings is 2. The Balaban J connectivity index is 2.02. The quantitative estimate of drug-likeness (QED) is 0.651. The van der Waals surface area contributed by atoms with E-state index in [4.69, 9.17) is 15.1 Å². The molecule has 1 atom stereocenters. The minimum absolute atomic E-state index is 0.183. The van der Waals surface area contributed by atoms with Crippen LogP contribution in [-0.4, -0.2) is 23.0 Å². The molecular formula is C19H15NO4. The van der Waals surface area contributed by atoms with Crippen molar-refractivity contribution in [3.05, 3.63) is 71.3 Å². The molecule has 0 spiro atoms. The number of hydrogen-bond donors (Lipinski definition) is 1. The zero-order valence-corrected chi connectivity index (χ0v) is 13.0. The van der Waals surface area contributed by atoms with Crippen LogP contribution in [0.5, 0.6) is 5.75 Å². The van der Waals surface area contributed by atoms with Crippen LogP contribution in [0.2, 0.25) is 0 Å². The maximum atomic E-state index is 12.1. The van der Waals surface area contributed by atoms with Gasteiger partial charge in [-0.3, -0.25) is 4.79 Å². The molecule has 0 aliphatic heterocycles. The van der Waals surface area contributed by atoms with E-state index < -0.39 is 12.1 Å². The Morgan fingerprint density at radius 2 is 1.75 bits per heavy atom. The Morgan fingerprint density at radius 3 is 2.29 bits per heavy atom. The number of carbonyl (C=O) groups excluding carboxylic acids is 1. The van der Waals surface area contributed by atoms with Crippen molar-refractivity contribution in [2.75, 3.05) is 0 Å². The summed E-state index contributed by atoms with van der Waals surface area (Å²) in [5.41, 5.74) is 1.84. The summed E-state index contributed by atoms with van der Waals surface area (Å²) in [4.78, 5) is 22.8. The highest BCUT2D eigenvalue weighted by Gasteiger charge is 2.12. The van der Waals surface area contributed by atoms with Crippen LogP contribution in [0.1, 0.15) is 28.4 Å². The van der Waals surface area contributed by atoms with Crippen LogP contribution >= 0.6 is 0 Å². The second-order valence-electron chi connectivity index (χ2n) is 5.05. The molecule has 0 fully saturated rings. The van der Waals surface area contributed by atoms with Gasteiger partial charge in [0.25, 0.3) is 0 Å². The van der Waals surface area contributed by atoms with Crippen molar-refractivity contribution in [2.45, 2.75) is 13.0 Å². The number of rotatable bonds is 6. The summed E-state index contributed by atoms with van der Waals surface area (Å²) < 4.78 is 5.21. The van der Waals surface area contributed by atoms with E-state index in [1.807, 2.05) is 6.07 Å². The van der Waals surface area contributed by atoms with Gasteiger partial charge in [-0.2, -0.15) is 5.26 Å². The molecule has 2 aromatic rings. The van der Waals surface area contributed by atoms with E-state index in [-0.39, 0.29) is 5.78 Å². The third kappa shape index (κ3) is 4.55. The van der Waals surface area contributed by atoms with Gasteiger partial charge in [-0.1, -0.05) is 18.2 Å². The smallest absolute Gasteiger partial charge is 0.344 e. The van der Waals surface area contributed by atoms with Gasteiger partial charge in [0.15, 0.2) is 11.9 Å². The molecule has 0 saturated heterocycles. The molecule has 24 heavy (non-hydrogen) atoms. The topological polar surface area (TPSA) is 87.4 Å². The maximum Gasteiger partial charge on any atom is 0.344 e. The number of hydrogen-bond acceptors (Lipinski definition) is 4. The molecule has 1 unspecified atom stereocenters. The molecule has 1 N–H and O–H groups in total. The number of aliphatic carboxylic acids is 1. The highest BCUT2D eigenvalue weighted by Crippen LogP contribution is 2.15. The maximum absolute atomic E-state index is 12.1. The summed E-state index contributed by atoms with van der Waals surface area (Å²) in [6, 6.07) is 15.2. The van der Waals surface area contributed by atoms with E-state index in [9.17, 15) is 9.59 Å². The second kappa shape index (κ2) is 7.75. The lowest BCUT2D eigenvalue weighted by Crippen LogP contribution is -2.22. The second-order valence-corrected chi connectivity index (χ2v) is 5.05. The van der Waals surface area contributed by atoms with Gasteiger partial charge < -0.3 is 9.84 Å². The van der Waals surface area contributed by atoms with Gasteiger partial charge in [0.2, 0.25) is 0 Å². The van der Waals surface area contributed by atoms with Crippen LogP contribution in [-0.2, 0) is 4.79 Å². The molecule has 2 aromatic carbocycles. The third-order valence-corrected chi connectivity index (χ3v) is 3.27. The predicted molar refractivity (Wildman–Crippen MR) is 88.7 cm³/mol. The summed E-state index contributed by atoms with van der Waals surface area (Å²) in [5.74, 6) is -0.852. The normalized spacial score (nSPS) is 11.7. The summed E-state index contributed by atoms with van der Waals surface area (Å²) in [5, 5.41) is 17.5. The first-order valence-electron chi connectivity index (χ1n) is 7.21. The van der Waals surface area contributed by atoms with Crippen molar-refractivity contribution >= 4 is 17.8 Å². The molecule has 0 aromatic heterocycles.